The molecule has 3 rings (SSSR count). The number of nitrogens with zero attached hydrogens (tertiary/aromatic N) is 3. The van der Waals surface area contributed by atoms with Gasteiger partial charge in [-0.25, -0.2) is 0 Å². The minimum Gasteiger partial charge on any atom is -0.369 e. The molecule has 1 amide bonds. The second kappa shape index (κ2) is 8.69. The van der Waals surface area contributed by atoms with Crippen molar-refractivity contribution in [2.45, 2.75) is 33.4 Å². The molecule has 140 valence electrons. The second-order valence-corrected chi connectivity index (χ2v) is 8.11. The first-order valence-corrected chi connectivity index (χ1v) is 10.4. The minimum atomic E-state index is 0.153. The summed E-state index contributed by atoms with van der Waals surface area (Å²) in [4.78, 5) is 20.9. The normalized spacial score (nSPS) is 15.5. The lowest BCUT2D eigenvalue weighted by Gasteiger charge is -2.34. The number of carbonyl (C=O) groups is 1. The van der Waals surface area contributed by atoms with E-state index in [0.717, 1.165) is 44.8 Å². The van der Waals surface area contributed by atoms with Gasteiger partial charge in [-0.1, -0.05) is 6.07 Å². The van der Waals surface area contributed by atoms with Gasteiger partial charge in [-0.15, -0.1) is 11.3 Å². The largest absolute Gasteiger partial charge is 0.369 e. The van der Waals surface area contributed by atoms with E-state index < -0.39 is 0 Å². The molecule has 0 atom stereocenters. The van der Waals surface area contributed by atoms with E-state index in [4.69, 9.17) is 0 Å². The van der Waals surface area contributed by atoms with Crippen LogP contribution in [-0.4, -0.2) is 54.5 Å². The summed E-state index contributed by atoms with van der Waals surface area (Å²) in [6.07, 6.45) is 0. The molecule has 5 heteroatoms. The van der Waals surface area contributed by atoms with Crippen LogP contribution in [0.25, 0.3) is 0 Å². The lowest BCUT2D eigenvalue weighted by molar-refractivity contribution is 0.0629. The van der Waals surface area contributed by atoms with Gasteiger partial charge in [0.15, 0.2) is 0 Å². The van der Waals surface area contributed by atoms with Crippen molar-refractivity contribution in [1.82, 2.24) is 9.80 Å². The first-order chi connectivity index (χ1) is 12.6. The maximum absolute atomic E-state index is 12.8. The first kappa shape index (κ1) is 18.9. The van der Waals surface area contributed by atoms with Crippen molar-refractivity contribution in [3.05, 3.63) is 52.2 Å². The van der Waals surface area contributed by atoms with Gasteiger partial charge in [0.2, 0.25) is 0 Å². The lowest BCUT2D eigenvalue weighted by Crippen LogP contribution is -2.48. The third-order valence-electron chi connectivity index (χ3n) is 5.03. The number of anilines is 1. The molecule has 1 saturated heterocycles. The van der Waals surface area contributed by atoms with E-state index in [1.165, 1.54) is 10.6 Å². The van der Waals surface area contributed by atoms with Gasteiger partial charge in [0.25, 0.3) is 5.91 Å². The van der Waals surface area contributed by atoms with Crippen LogP contribution in [0.4, 0.5) is 5.69 Å². The second-order valence-electron chi connectivity index (χ2n) is 7.07. The van der Waals surface area contributed by atoms with Crippen LogP contribution in [0, 0.1) is 0 Å². The highest BCUT2D eigenvalue weighted by Crippen LogP contribution is 2.19. The fourth-order valence-electron chi connectivity index (χ4n) is 3.56. The Kier molecular flexibility index (Phi) is 6.33. The molecule has 0 N–H and O–H groups in total. The van der Waals surface area contributed by atoms with Crippen molar-refractivity contribution in [2.24, 2.45) is 0 Å². The van der Waals surface area contributed by atoms with Gasteiger partial charge in [-0.05, 0) is 56.5 Å². The third-order valence-corrected chi connectivity index (χ3v) is 5.89. The highest BCUT2D eigenvalue weighted by atomic mass is 32.1. The molecule has 1 aliphatic rings. The van der Waals surface area contributed by atoms with Crippen LogP contribution in [0.15, 0.2) is 41.8 Å². The van der Waals surface area contributed by atoms with Crippen molar-refractivity contribution in [2.75, 3.05) is 37.6 Å². The average Bonchev–Trinajstić information content (AvgIpc) is 3.16. The summed E-state index contributed by atoms with van der Waals surface area (Å²) >= 11 is 1.80. The van der Waals surface area contributed by atoms with Crippen LogP contribution >= 0.6 is 11.3 Å². The molecule has 26 heavy (non-hydrogen) atoms. The molecule has 2 heterocycles. The molecule has 1 aliphatic heterocycles. The highest BCUT2D eigenvalue weighted by molar-refractivity contribution is 7.09. The van der Waals surface area contributed by atoms with Gasteiger partial charge in [0, 0.05) is 61.4 Å². The molecule has 1 aromatic carbocycles. The maximum atomic E-state index is 12.8. The number of rotatable bonds is 6. The summed E-state index contributed by atoms with van der Waals surface area (Å²) < 4.78 is 0. The SMILES string of the molecule is CCN(c1ccc(C(=O)N2CCN(Cc3cccs3)CC2)cc1)C(C)C. The van der Waals surface area contributed by atoms with E-state index in [-0.39, 0.29) is 5.91 Å². The Labute approximate surface area is 161 Å². The Morgan fingerprint density at radius 3 is 2.35 bits per heavy atom. The standard InChI is InChI=1S/C21H29N3OS/c1-4-24(17(2)3)19-9-7-18(8-10-19)21(25)23-13-11-22(12-14-23)16-20-6-5-15-26-20/h5-10,15,17H,4,11-14,16H2,1-3H3. The number of hydrogen-bond acceptors (Lipinski definition) is 4. The number of amides is 1. The van der Waals surface area contributed by atoms with Gasteiger partial charge < -0.3 is 9.80 Å². The Morgan fingerprint density at radius 1 is 1.12 bits per heavy atom. The summed E-state index contributed by atoms with van der Waals surface area (Å²) in [5, 5.41) is 2.12. The number of thiophene rings is 1. The van der Waals surface area contributed by atoms with E-state index in [9.17, 15) is 4.79 Å². The molecule has 0 spiro atoms. The van der Waals surface area contributed by atoms with E-state index in [1.54, 1.807) is 11.3 Å². The summed E-state index contributed by atoms with van der Waals surface area (Å²) in [5.41, 5.74) is 1.97. The number of piperazine rings is 1. The number of hydrogen-bond donors (Lipinski definition) is 0. The van der Waals surface area contributed by atoms with E-state index >= 15 is 0 Å². The average molecular weight is 372 g/mol. The van der Waals surface area contributed by atoms with Crippen LogP contribution in [0.3, 0.4) is 0 Å². The van der Waals surface area contributed by atoms with Crippen molar-refractivity contribution < 1.29 is 4.79 Å². The monoisotopic (exact) mass is 371 g/mol. The predicted molar refractivity (Wildman–Crippen MR) is 110 cm³/mol. The van der Waals surface area contributed by atoms with Crippen LogP contribution in [0.1, 0.15) is 36.0 Å². The Hall–Kier alpha value is -1.85. The lowest BCUT2D eigenvalue weighted by atomic mass is 10.1. The summed E-state index contributed by atoms with van der Waals surface area (Å²) in [6.45, 7) is 12.0. The molecule has 0 bridgehead atoms. The van der Waals surface area contributed by atoms with E-state index in [1.807, 2.05) is 17.0 Å². The number of benzene rings is 1. The first-order valence-electron chi connectivity index (χ1n) is 9.49. The summed E-state index contributed by atoms with van der Waals surface area (Å²) in [7, 11) is 0. The predicted octanol–water partition coefficient (Wildman–Crippen LogP) is 3.94. The van der Waals surface area contributed by atoms with Crippen molar-refractivity contribution in [3.63, 3.8) is 0 Å². The molecular formula is C21H29N3OS. The van der Waals surface area contributed by atoms with Crippen LogP contribution in [0.2, 0.25) is 0 Å². The number of carbonyl (C=O) groups excluding carboxylic acids is 1. The fourth-order valence-corrected chi connectivity index (χ4v) is 4.30. The van der Waals surface area contributed by atoms with Crippen LogP contribution in [0.5, 0.6) is 0 Å². The summed E-state index contributed by atoms with van der Waals surface area (Å²) in [5.74, 6) is 0.153. The van der Waals surface area contributed by atoms with Gasteiger partial charge in [-0.2, -0.15) is 0 Å². The van der Waals surface area contributed by atoms with Crippen molar-refractivity contribution in [3.8, 4) is 0 Å². The van der Waals surface area contributed by atoms with Crippen molar-refractivity contribution >= 4 is 22.9 Å². The van der Waals surface area contributed by atoms with Crippen LogP contribution < -0.4 is 4.90 Å². The van der Waals surface area contributed by atoms with Gasteiger partial charge in [0.05, 0.1) is 0 Å². The zero-order valence-corrected chi connectivity index (χ0v) is 16.8. The van der Waals surface area contributed by atoms with Gasteiger partial charge in [0.1, 0.15) is 0 Å². The Morgan fingerprint density at radius 2 is 1.81 bits per heavy atom. The zero-order valence-electron chi connectivity index (χ0n) is 16.0. The smallest absolute Gasteiger partial charge is 0.253 e. The molecule has 0 saturated carbocycles. The molecule has 4 nitrogen and oxygen atoms in total. The third kappa shape index (κ3) is 4.46. The molecule has 2 aromatic rings. The van der Waals surface area contributed by atoms with Gasteiger partial charge in [-0.3, -0.25) is 9.69 Å². The van der Waals surface area contributed by atoms with Crippen molar-refractivity contribution in [1.29, 1.82) is 0 Å². The van der Waals surface area contributed by atoms with E-state index in [0.29, 0.717) is 6.04 Å². The maximum Gasteiger partial charge on any atom is 0.253 e. The topological polar surface area (TPSA) is 26.8 Å². The zero-order chi connectivity index (χ0) is 18.5. The van der Waals surface area contributed by atoms with Gasteiger partial charge >= 0.3 is 0 Å². The molecular weight excluding hydrogens is 342 g/mol. The summed E-state index contributed by atoms with van der Waals surface area (Å²) in [6, 6.07) is 12.8. The van der Waals surface area contributed by atoms with Crippen LogP contribution in [-0.2, 0) is 6.54 Å². The molecule has 0 unspecified atom stereocenters. The quantitative estimate of drug-likeness (QED) is 0.769. The molecule has 0 radical (unpaired) electrons. The van der Waals surface area contributed by atoms with E-state index in [2.05, 4.69) is 60.2 Å². The molecule has 0 aliphatic carbocycles. The highest BCUT2D eigenvalue weighted by Gasteiger charge is 2.22. The Bertz CT molecular complexity index is 689. The molecule has 1 aromatic heterocycles. The fraction of sp³-hybridized carbons (Fsp3) is 0.476. The Balaban J connectivity index is 1.56. The minimum absolute atomic E-state index is 0.153. The molecule has 1 fully saturated rings.